The van der Waals surface area contributed by atoms with Crippen molar-refractivity contribution in [2.45, 2.75) is 38.6 Å². The largest absolute Gasteiger partial charge is 0.497 e. The predicted octanol–water partition coefficient (Wildman–Crippen LogP) is 6.42. The van der Waals surface area contributed by atoms with Gasteiger partial charge in [-0.05, 0) is 40.8 Å². The van der Waals surface area contributed by atoms with E-state index < -0.39 is 0 Å². The van der Waals surface area contributed by atoms with Crippen molar-refractivity contribution >= 4 is 11.5 Å². The van der Waals surface area contributed by atoms with Crippen molar-refractivity contribution in [1.29, 1.82) is 0 Å². The summed E-state index contributed by atoms with van der Waals surface area (Å²) in [5.41, 5.74) is 4.16. The van der Waals surface area contributed by atoms with Crippen LogP contribution in [0.15, 0.2) is 78.9 Å². The molecule has 3 aromatic carbocycles. The van der Waals surface area contributed by atoms with E-state index in [0.717, 1.165) is 22.6 Å². The fourth-order valence-corrected chi connectivity index (χ4v) is 3.28. The van der Waals surface area contributed by atoms with E-state index >= 15 is 0 Å². The summed E-state index contributed by atoms with van der Waals surface area (Å²) >= 11 is 0. The molecule has 0 aliphatic heterocycles. The van der Waals surface area contributed by atoms with E-state index in [1.165, 1.54) is 5.56 Å². The van der Waals surface area contributed by atoms with Crippen molar-refractivity contribution in [3.8, 4) is 5.75 Å². The molecule has 0 aliphatic rings. The number of nitrogens with one attached hydrogen (secondary N) is 1. The van der Waals surface area contributed by atoms with Crippen molar-refractivity contribution in [2.24, 2.45) is 0 Å². The molecular formula is C26H29NO2. The highest BCUT2D eigenvalue weighted by Crippen LogP contribution is 2.28. The maximum Gasteiger partial charge on any atom is 0.165 e. The van der Waals surface area contributed by atoms with Crippen LogP contribution < -0.4 is 10.1 Å². The molecule has 1 unspecified atom stereocenters. The third-order valence-electron chi connectivity index (χ3n) is 5.10. The van der Waals surface area contributed by atoms with Gasteiger partial charge in [0.15, 0.2) is 5.78 Å². The van der Waals surface area contributed by atoms with E-state index in [2.05, 4.69) is 50.4 Å². The monoisotopic (exact) mass is 387 g/mol. The van der Waals surface area contributed by atoms with Crippen LogP contribution in [-0.2, 0) is 5.41 Å². The Morgan fingerprint density at radius 3 is 2.07 bits per heavy atom. The molecule has 0 fully saturated rings. The number of carbonyl (C=O) groups excluding carboxylic acids is 1. The first-order chi connectivity index (χ1) is 13.9. The van der Waals surface area contributed by atoms with Gasteiger partial charge in [-0.25, -0.2) is 0 Å². The molecule has 3 rings (SSSR count). The topological polar surface area (TPSA) is 38.3 Å². The van der Waals surface area contributed by atoms with Crippen LogP contribution in [0, 0.1) is 0 Å². The van der Waals surface area contributed by atoms with Gasteiger partial charge in [0.1, 0.15) is 5.75 Å². The number of ketones is 1. The standard InChI is InChI=1S/C26H29NO2/c1-26(2,3)21-12-10-19(11-13-21)24(18-25(28)20-8-6-5-7-9-20)27-22-14-16-23(29-4)17-15-22/h5-17,24,27H,18H2,1-4H3. The number of benzene rings is 3. The van der Waals surface area contributed by atoms with E-state index in [4.69, 9.17) is 4.74 Å². The second-order valence-electron chi connectivity index (χ2n) is 8.29. The summed E-state index contributed by atoms with van der Waals surface area (Å²) in [6, 6.07) is 25.7. The molecule has 0 aromatic heterocycles. The molecule has 0 amide bonds. The first-order valence-electron chi connectivity index (χ1n) is 9.96. The molecule has 0 saturated carbocycles. The first-order valence-corrected chi connectivity index (χ1v) is 9.96. The Morgan fingerprint density at radius 2 is 1.52 bits per heavy atom. The Hall–Kier alpha value is -3.07. The molecule has 150 valence electrons. The van der Waals surface area contributed by atoms with Crippen LogP contribution >= 0.6 is 0 Å². The normalized spacial score (nSPS) is 12.3. The van der Waals surface area contributed by atoms with E-state index in [9.17, 15) is 4.79 Å². The third-order valence-corrected chi connectivity index (χ3v) is 5.10. The number of carbonyl (C=O) groups is 1. The van der Waals surface area contributed by atoms with E-state index in [0.29, 0.717) is 6.42 Å². The third kappa shape index (κ3) is 5.47. The van der Waals surface area contributed by atoms with Crippen LogP contribution in [0.4, 0.5) is 5.69 Å². The van der Waals surface area contributed by atoms with Crippen LogP contribution in [0.1, 0.15) is 54.7 Å². The van der Waals surface area contributed by atoms with Gasteiger partial charge in [-0.3, -0.25) is 4.79 Å². The molecule has 0 aliphatic carbocycles. The maximum atomic E-state index is 12.9. The van der Waals surface area contributed by atoms with Gasteiger partial charge >= 0.3 is 0 Å². The minimum Gasteiger partial charge on any atom is -0.497 e. The Labute approximate surface area is 173 Å². The van der Waals surface area contributed by atoms with Crippen LogP contribution in [-0.4, -0.2) is 12.9 Å². The summed E-state index contributed by atoms with van der Waals surface area (Å²) < 4.78 is 5.24. The smallest absolute Gasteiger partial charge is 0.165 e. The van der Waals surface area contributed by atoms with Crippen molar-refractivity contribution in [3.63, 3.8) is 0 Å². The molecule has 0 saturated heterocycles. The summed E-state index contributed by atoms with van der Waals surface area (Å²) in [5.74, 6) is 0.929. The summed E-state index contributed by atoms with van der Waals surface area (Å²) in [6.07, 6.45) is 0.380. The highest BCUT2D eigenvalue weighted by Gasteiger charge is 2.19. The minimum absolute atomic E-state index is 0.0945. The molecule has 1 N–H and O–H groups in total. The number of anilines is 1. The molecule has 0 radical (unpaired) electrons. The summed E-state index contributed by atoms with van der Waals surface area (Å²) in [4.78, 5) is 12.9. The lowest BCUT2D eigenvalue weighted by molar-refractivity contribution is 0.0976. The zero-order chi connectivity index (χ0) is 20.9. The van der Waals surface area contributed by atoms with Crippen molar-refractivity contribution < 1.29 is 9.53 Å². The molecule has 3 aromatic rings. The second kappa shape index (κ2) is 8.95. The summed E-state index contributed by atoms with van der Waals surface area (Å²) in [7, 11) is 1.65. The maximum absolute atomic E-state index is 12.9. The van der Waals surface area contributed by atoms with Crippen LogP contribution in [0.2, 0.25) is 0 Å². The van der Waals surface area contributed by atoms with Gasteiger partial charge in [-0.15, -0.1) is 0 Å². The molecule has 0 bridgehead atoms. The Kier molecular flexibility index (Phi) is 6.38. The van der Waals surface area contributed by atoms with Crippen molar-refractivity contribution in [2.75, 3.05) is 12.4 Å². The zero-order valence-corrected chi connectivity index (χ0v) is 17.6. The number of hydrogen-bond acceptors (Lipinski definition) is 3. The molecular weight excluding hydrogens is 358 g/mol. The molecule has 0 heterocycles. The second-order valence-corrected chi connectivity index (χ2v) is 8.29. The lowest BCUT2D eigenvalue weighted by atomic mass is 9.86. The summed E-state index contributed by atoms with van der Waals surface area (Å²) in [6.45, 7) is 6.61. The van der Waals surface area contributed by atoms with E-state index in [-0.39, 0.29) is 17.2 Å². The Morgan fingerprint density at radius 1 is 0.897 bits per heavy atom. The highest BCUT2D eigenvalue weighted by atomic mass is 16.5. The van der Waals surface area contributed by atoms with Gasteiger partial charge in [0.25, 0.3) is 0 Å². The Balaban J connectivity index is 1.86. The first kappa shape index (κ1) is 20.7. The molecule has 3 nitrogen and oxygen atoms in total. The lowest BCUT2D eigenvalue weighted by Crippen LogP contribution is -2.17. The zero-order valence-electron chi connectivity index (χ0n) is 17.6. The lowest BCUT2D eigenvalue weighted by Gasteiger charge is -2.23. The van der Waals surface area contributed by atoms with Crippen LogP contribution in [0.3, 0.4) is 0 Å². The van der Waals surface area contributed by atoms with E-state index in [1.54, 1.807) is 7.11 Å². The fraction of sp³-hybridized carbons (Fsp3) is 0.269. The van der Waals surface area contributed by atoms with Crippen LogP contribution in [0.25, 0.3) is 0 Å². The van der Waals surface area contributed by atoms with Crippen molar-refractivity contribution in [3.05, 3.63) is 95.6 Å². The van der Waals surface area contributed by atoms with Gasteiger partial charge in [-0.2, -0.15) is 0 Å². The quantitative estimate of drug-likeness (QED) is 0.475. The van der Waals surface area contributed by atoms with Gasteiger partial charge in [0.2, 0.25) is 0 Å². The number of methoxy groups -OCH3 is 1. The van der Waals surface area contributed by atoms with E-state index in [1.807, 2.05) is 54.6 Å². The van der Waals surface area contributed by atoms with Gasteiger partial charge in [0.05, 0.1) is 13.2 Å². The average Bonchev–Trinajstić information content (AvgIpc) is 2.74. The van der Waals surface area contributed by atoms with Crippen molar-refractivity contribution in [1.82, 2.24) is 0 Å². The highest BCUT2D eigenvalue weighted by molar-refractivity contribution is 5.96. The summed E-state index contributed by atoms with van der Waals surface area (Å²) in [5, 5.41) is 3.53. The van der Waals surface area contributed by atoms with Gasteiger partial charge in [-0.1, -0.05) is 75.4 Å². The van der Waals surface area contributed by atoms with Gasteiger partial charge < -0.3 is 10.1 Å². The Bertz CT molecular complexity index is 923. The SMILES string of the molecule is COc1ccc(NC(CC(=O)c2ccccc2)c2ccc(C(C)(C)C)cc2)cc1. The number of hydrogen-bond donors (Lipinski definition) is 1. The number of ether oxygens (including phenoxy) is 1. The molecule has 1 atom stereocenters. The number of Topliss-reactive ketones (excluding diaryl/α,β-unsaturated/α-hetero) is 1. The molecule has 3 heteroatoms. The van der Waals surface area contributed by atoms with Crippen LogP contribution in [0.5, 0.6) is 5.75 Å². The van der Waals surface area contributed by atoms with Gasteiger partial charge in [0, 0.05) is 17.7 Å². The molecule has 29 heavy (non-hydrogen) atoms. The molecule has 0 spiro atoms. The average molecular weight is 388 g/mol. The minimum atomic E-state index is -0.120. The number of rotatable bonds is 7. The fourth-order valence-electron chi connectivity index (χ4n) is 3.28. The predicted molar refractivity (Wildman–Crippen MR) is 120 cm³/mol.